The summed E-state index contributed by atoms with van der Waals surface area (Å²) >= 11 is 1.64. The fraction of sp³-hybridized carbons (Fsp3) is 0.280. The Hall–Kier alpha value is -4.00. The first kappa shape index (κ1) is 23.4. The molecule has 1 aliphatic heterocycles. The lowest BCUT2D eigenvalue weighted by Crippen LogP contribution is -2.34. The molecule has 0 amide bonds. The van der Waals surface area contributed by atoms with Gasteiger partial charge in [-0.05, 0) is 46.1 Å². The van der Waals surface area contributed by atoms with Gasteiger partial charge in [0.2, 0.25) is 6.79 Å². The summed E-state index contributed by atoms with van der Waals surface area (Å²) in [7, 11) is 1.62. The molecular formula is C25H24N6O5S. The maximum Gasteiger partial charge on any atom is 0.253 e. The molecule has 190 valence electrons. The van der Waals surface area contributed by atoms with Crippen molar-refractivity contribution in [2.75, 3.05) is 20.5 Å². The molecule has 1 unspecified atom stereocenters. The number of tetrazole rings is 1. The van der Waals surface area contributed by atoms with Crippen molar-refractivity contribution in [2.45, 2.75) is 25.7 Å². The number of nitrogens with zero attached hydrogens (tertiary/aromatic N) is 5. The summed E-state index contributed by atoms with van der Waals surface area (Å²) in [5, 5.41) is 15.4. The molecule has 0 saturated heterocycles. The van der Waals surface area contributed by atoms with E-state index in [1.165, 1.54) is 0 Å². The van der Waals surface area contributed by atoms with Gasteiger partial charge in [-0.3, -0.25) is 9.69 Å². The minimum absolute atomic E-state index is 0.150. The molecule has 0 saturated carbocycles. The molecule has 0 spiro atoms. The minimum atomic E-state index is -0.586. The molecule has 0 fully saturated rings. The maximum absolute atomic E-state index is 13.6. The summed E-state index contributed by atoms with van der Waals surface area (Å²) in [6.45, 7) is 2.00. The van der Waals surface area contributed by atoms with Crippen LogP contribution in [0.4, 0.5) is 0 Å². The summed E-state index contributed by atoms with van der Waals surface area (Å²) in [4.78, 5) is 19.9. The molecule has 0 bridgehead atoms. The number of rotatable bonds is 10. The van der Waals surface area contributed by atoms with E-state index in [2.05, 4.69) is 31.5 Å². The zero-order chi connectivity index (χ0) is 25.2. The number of furan rings is 1. The number of fused-ring (bicyclic) bond motifs is 2. The highest BCUT2D eigenvalue weighted by Gasteiger charge is 2.32. The van der Waals surface area contributed by atoms with Crippen LogP contribution in [0.1, 0.15) is 28.1 Å². The first-order valence-electron chi connectivity index (χ1n) is 11.7. The van der Waals surface area contributed by atoms with Gasteiger partial charge in [-0.15, -0.1) is 16.4 Å². The summed E-state index contributed by atoms with van der Waals surface area (Å²) in [6, 6.07) is 12.8. The van der Waals surface area contributed by atoms with Crippen molar-refractivity contribution in [2.24, 2.45) is 0 Å². The normalized spacial score (nSPS) is 13.6. The van der Waals surface area contributed by atoms with Gasteiger partial charge in [0, 0.05) is 35.5 Å². The predicted octanol–water partition coefficient (Wildman–Crippen LogP) is 3.34. The number of hydrogen-bond donors (Lipinski definition) is 1. The highest BCUT2D eigenvalue weighted by molar-refractivity contribution is 7.09. The van der Waals surface area contributed by atoms with Crippen LogP contribution < -0.4 is 15.0 Å². The standard InChI is InChI=1S/C25H24N6O5S/c1-33-8-6-31-24(27-28-29-31)23(30(13-17-4-2-7-34-17)14-18-5-3-9-37-18)19-10-16-11-21-22(36-15-35-21)12-20(16)26-25(19)32/h2-5,7,9-12,23H,6,8,13-15H2,1H3,(H,26,32). The molecule has 4 aromatic heterocycles. The number of methoxy groups -OCH3 is 1. The number of nitrogens with one attached hydrogen (secondary N) is 1. The van der Waals surface area contributed by atoms with Gasteiger partial charge in [-0.2, -0.15) is 0 Å². The van der Waals surface area contributed by atoms with Crippen LogP contribution in [-0.4, -0.2) is 50.6 Å². The second-order valence-corrected chi connectivity index (χ2v) is 9.60. The zero-order valence-corrected chi connectivity index (χ0v) is 20.8. The molecule has 1 atom stereocenters. The SMILES string of the molecule is COCCn1nnnc1C(c1cc2cc3c(cc2[nH]c1=O)OCO3)N(Cc1ccco1)Cc1cccs1. The van der Waals surface area contributed by atoms with E-state index in [-0.39, 0.29) is 12.4 Å². The van der Waals surface area contributed by atoms with Crippen molar-refractivity contribution in [1.82, 2.24) is 30.1 Å². The van der Waals surface area contributed by atoms with Crippen LogP contribution in [0.5, 0.6) is 11.5 Å². The first-order valence-corrected chi connectivity index (χ1v) is 12.6. The summed E-state index contributed by atoms with van der Waals surface area (Å²) in [5.74, 6) is 2.54. The van der Waals surface area contributed by atoms with E-state index < -0.39 is 6.04 Å². The minimum Gasteiger partial charge on any atom is -0.468 e. The highest BCUT2D eigenvalue weighted by Crippen LogP contribution is 2.37. The Bertz CT molecular complexity index is 1510. The molecule has 0 radical (unpaired) electrons. The van der Waals surface area contributed by atoms with Crippen molar-refractivity contribution >= 4 is 22.2 Å². The summed E-state index contributed by atoms with van der Waals surface area (Å²) < 4.78 is 23.7. The molecule has 0 aliphatic carbocycles. The zero-order valence-electron chi connectivity index (χ0n) is 20.0. The molecule has 5 heterocycles. The lowest BCUT2D eigenvalue weighted by molar-refractivity contribution is 0.164. The van der Waals surface area contributed by atoms with Gasteiger partial charge >= 0.3 is 0 Å². The average Bonchev–Trinajstić information content (AvgIpc) is 3.71. The fourth-order valence-corrected chi connectivity index (χ4v) is 5.23. The maximum atomic E-state index is 13.6. The molecule has 12 heteroatoms. The number of aromatic amines is 1. The van der Waals surface area contributed by atoms with E-state index >= 15 is 0 Å². The van der Waals surface area contributed by atoms with Crippen molar-refractivity contribution in [3.63, 3.8) is 0 Å². The van der Waals surface area contributed by atoms with Gasteiger partial charge in [-0.25, -0.2) is 4.68 Å². The van der Waals surface area contributed by atoms with E-state index in [1.54, 1.807) is 35.5 Å². The van der Waals surface area contributed by atoms with Gasteiger partial charge in [0.1, 0.15) is 11.8 Å². The van der Waals surface area contributed by atoms with E-state index in [4.69, 9.17) is 18.6 Å². The molecule has 1 aliphatic rings. The number of aromatic nitrogens is 5. The molecule has 1 N–H and O–H groups in total. The van der Waals surface area contributed by atoms with Crippen molar-refractivity contribution in [1.29, 1.82) is 0 Å². The monoisotopic (exact) mass is 520 g/mol. The van der Waals surface area contributed by atoms with Crippen LogP contribution in [-0.2, 0) is 24.4 Å². The number of thiophene rings is 1. The van der Waals surface area contributed by atoms with Crippen LogP contribution >= 0.6 is 11.3 Å². The number of pyridine rings is 1. The van der Waals surface area contributed by atoms with Crippen LogP contribution in [0.2, 0.25) is 0 Å². The van der Waals surface area contributed by atoms with E-state index in [1.807, 2.05) is 35.7 Å². The summed E-state index contributed by atoms with van der Waals surface area (Å²) in [5.41, 5.74) is 0.919. The first-order chi connectivity index (χ1) is 18.2. The third-order valence-electron chi connectivity index (χ3n) is 6.22. The highest BCUT2D eigenvalue weighted by atomic mass is 32.1. The topological polar surface area (TPSA) is 121 Å². The molecule has 5 aromatic rings. The second kappa shape index (κ2) is 10.2. The molecule has 11 nitrogen and oxygen atoms in total. The largest absolute Gasteiger partial charge is 0.468 e. The third kappa shape index (κ3) is 4.73. The Balaban J connectivity index is 1.51. The third-order valence-corrected chi connectivity index (χ3v) is 7.08. The Labute approximate surface area is 215 Å². The quantitative estimate of drug-likeness (QED) is 0.296. The second-order valence-electron chi connectivity index (χ2n) is 8.57. The Morgan fingerprint density at radius 2 is 2.08 bits per heavy atom. The van der Waals surface area contributed by atoms with Crippen molar-refractivity contribution < 1.29 is 18.6 Å². The Kier molecular flexibility index (Phi) is 6.43. The predicted molar refractivity (Wildman–Crippen MR) is 135 cm³/mol. The van der Waals surface area contributed by atoms with Gasteiger partial charge < -0.3 is 23.6 Å². The average molecular weight is 521 g/mol. The lowest BCUT2D eigenvalue weighted by Gasteiger charge is -2.30. The van der Waals surface area contributed by atoms with Crippen LogP contribution in [0.3, 0.4) is 0 Å². The van der Waals surface area contributed by atoms with Gasteiger partial charge in [0.15, 0.2) is 17.3 Å². The van der Waals surface area contributed by atoms with Gasteiger partial charge in [0.05, 0.1) is 31.5 Å². The molecule has 37 heavy (non-hydrogen) atoms. The Morgan fingerprint density at radius 1 is 1.19 bits per heavy atom. The van der Waals surface area contributed by atoms with Crippen LogP contribution in [0, 0.1) is 0 Å². The van der Waals surface area contributed by atoms with E-state index in [0.29, 0.717) is 54.6 Å². The molecule has 1 aromatic carbocycles. The van der Waals surface area contributed by atoms with Crippen LogP contribution in [0.25, 0.3) is 10.9 Å². The van der Waals surface area contributed by atoms with E-state index in [0.717, 1.165) is 16.0 Å². The van der Waals surface area contributed by atoms with Gasteiger partial charge in [-0.1, -0.05) is 6.07 Å². The fourth-order valence-electron chi connectivity index (χ4n) is 4.50. The summed E-state index contributed by atoms with van der Waals surface area (Å²) in [6.07, 6.45) is 1.64. The van der Waals surface area contributed by atoms with Crippen molar-refractivity contribution in [3.8, 4) is 11.5 Å². The number of ether oxygens (including phenoxy) is 3. The molecule has 6 rings (SSSR count). The Morgan fingerprint density at radius 3 is 2.86 bits per heavy atom. The van der Waals surface area contributed by atoms with Crippen LogP contribution in [0.15, 0.2) is 63.3 Å². The number of hydrogen-bond acceptors (Lipinski definition) is 10. The van der Waals surface area contributed by atoms with Crippen molar-refractivity contribution in [3.05, 3.63) is 86.5 Å². The van der Waals surface area contributed by atoms with E-state index in [9.17, 15) is 4.79 Å². The number of H-pyrrole nitrogens is 1. The smallest absolute Gasteiger partial charge is 0.253 e. The number of benzene rings is 1. The molecular weight excluding hydrogens is 496 g/mol. The lowest BCUT2D eigenvalue weighted by atomic mass is 10.0. The van der Waals surface area contributed by atoms with Gasteiger partial charge in [0.25, 0.3) is 5.56 Å².